The molecule has 2 aromatic carbocycles. The summed E-state index contributed by atoms with van der Waals surface area (Å²) in [5.74, 6) is 0.525. The van der Waals surface area contributed by atoms with Crippen LogP contribution in [0.1, 0.15) is 0 Å². The van der Waals surface area contributed by atoms with Crippen LogP contribution in [0, 0.1) is 5.82 Å². The van der Waals surface area contributed by atoms with E-state index >= 15 is 0 Å². The van der Waals surface area contributed by atoms with Gasteiger partial charge in [-0.25, -0.2) is 4.39 Å². The lowest BCUT2D eigenvalue weighted by Gasteiger charge is -2.15. The minimum absolute atomic E-state index is 0.0857. The first kappa shape index (κ1) is 17.4. The van der Waals surface area contributed by atoms with Gasteiger partial charge in [0.1, 0.15) is 5.82 Å². The van der Waals surface area contributed by atoms with Crippen molar-refractivity contribution in [3.05, 3.63) is 42.2 Å². The molecule has 0 fully saturated rings. The second-order valence-corrected chi connectivity index (χ2v) is 4.80. The third-order valence-electron chi connectivity index (χ3n) is 3.26. The van der Waals surface area contributed by atoms with E-state index in [-0.39, 0.29) is 18.1 Å². The molecular formula is C17H19FN2O4. The molecule has 0 aromatic heterocycles. The molecule has 7 heteroatoms. The summed E-state index contributed by atoms with van der Waals surface area (Å²) in [5.41, 5.74) is 0.738. The van der Waals surface area contributed by atoms with Crippen LogP contribution in [0.5, 0.6) is 17.2 Å². The number of rotatable bonds is 7. The average Bonchev–Trinajstić information content (AvgIpc) is 2.60. The van der Waals surface area contributed by atoms with E-state index in [4.69, 9.17) is 14.2 Å². The van der Waals surface area contributed by atoms with Crippen molar-refractivity contribution in [1.29, 1.82) is 0 Å². The lowest BCUT2D eigenvalue weighted by Crippen LogP contribution is -2.22. The number of carbonyl (C=O) groups is 1. The molecule has 0 aliphatic carbocycles. The highest BCUT2D eigenvalue weighted by Gasteiger charge is 2.14. The van der Waals surface area contributed by atoms with Crippen LogP contribution in [-0.2, 0) is 4.79 Å². The van der Waals surface area contributed by atoms with Crippen LogP contribution in [0.4, 0.5) is 15.8 Å². The number of carbonyl (C=O) groups excluding carboxylic acids is 1. The minimum atomic E-state index is -0.418. The van der Waals surface area contributed by atoms with Crippen molar-refractivity contribution in [3.8, 4) is 17.2 Å². The first-order valence-corrected chi connectivity index (χ1v) is 7.17. The Kier molecular flexibility index (Phi) is 5.83. The third kappa shape index (κ3) is 4.07. The molecule has 128 valence electrons. The van der Waals surface area contributed by atoms with Crippen molar-refractivity contribution in [1.82, 2.24) is 0 Å². The van der Waals surface area contributed by atoms with Gasteiger partial charge in [-0.05, 0) is 12.1 Å². The Balaban J connectivity index is 2.07. The fourth-order valence-corrected chi connectivity index (χ4v) is 2.14. The van der Waals surface area contributed by atoms with Crippen LogP contribution >= 0.6 is 0 Å². The Hall–Kier alpha value is -2.96. The molecular weight excluding hydrogens is 315 g/mol. The van der Waals surface area contributed by atoms with E-state index < -0.39 is 5.82 Å². The van der Waals surface area contributed by atoms with Crippen LogP contribution in [0.3, 0.4) is 0 Å². The van der Waals surface area contributed by atoms with Gasteiger partial charge in [0.05, 0.1) is 33.6 Å². The van der Waals surface area contributed by atoms with Crippen molar-refractivity contribution in [2.24, 2.45) is 0 Å². The minimum Gasteiger partial charge on any atom is -0.493 e. The third-order valence-corrected chi connectivity index (χ3v) is 3.26. The summed E-state index contributed by atoms with van der Waals surface area (Å²) in [6, 6.07) is 9.37. The summed E-state index contributed by atoms with van der Waals surface area (Å²) >= 11 is 0. The number of anilines is 2. The highest BCUT2D eigenvalue weighted by atomic mass is 19.1. The first-order valence-electron chi connectivity index (χ1n) is 7.17. The molecule has 2 N–H and O–H groups in total. The predicted molar refractivity (Wildman–Crippen MR) is 89.6 cm³/mol. The second-order valence-electron chi connectivity index (χ2n) is 4.80. The van der Waals surface area contributed by atoms with E-state index in [1.807, 2.05) is 0 Å². The molecule has 0 aliphatic heterocycles. The van der Waals surface area contributed by atoms with E-state index in [9.17, 15) is 9.18 Å². The van der Waals surface area contributed by atoms with Crippen LogP contribution in [0.25, 0.3) is 0 Å². The van der Waals surface area contributed by atoms with Gasteiger partial charge in [0, 0.05) is 17.8 Å². The zero-order chi connectivity index (χ0) is 17.5. The van der Waals surface area contributed by atoms with Gasteiger partial charge >= 0.3 is 0 Å². The molecule has 0 bridgehead atoms. The standard InChI is InChI=1S/C17H19FN2O4/c1-22-14-8-11(9-15(23-2)17(14)24-3)20-16(21)10-19-13-7-5-4-6-12(13)18/h4-9,19H,10H2,1-3H3,(H,20,21). The molecule has 1 amide bonds. The summed E-state index contributed by atoms with van der Waals surface area (Å²) in [5, 5.41) is 5.43. The predicted octanol–water partition coefficient (Wildman–Crippen LogP) is 2.90. The van der Waals surface area contributed by atoms with Crippen molar-refractivity contribution in [2.75, 3.05) is 38.5 Å². The smallest absolute Gasteiger partial charge is 0.243 e. The topological polar surface area (TPSA) is 68.8 Å². The quantitative estimate of drug-likeness (QED) is 0.815. The number of nitrogens with one attached hydrogen (secondary N) is 2. The van der Waals surface area contributed by atoms with Crippen LogP contribution in [0.15, 0.2) is 36.4 Å². The Labute approximate surface area is 139 Å². The van der Waals surface area contributed by atoms with Crippen LogP contribution in [-0.4, -0.2) is 33.8 Å². The Bertz CT molecular complexity index is 696. The zero-order valence-corrected chi connectivity index (χ0v) is 13.7. The summed E-state index contributed by atoms with van der Waals surface area (Å²) < 4.78 is 29.2. The van der Waals surface area contributed by atoms with Gasteiger partial charge in [0.2, 0.25) is 11.7 Å². The Morgan fingerprint density at radius 2 is 1.67 bits per heavy atom. The maximum absolute atomic E-state index is 13.5. The summed E-state index contributed by atoms with van der Waals surface area (Å²) in [4.78, 5) is 12.0. The number of ether oxygens (including phenoxy) is 3. The fourth-order valence-electron chi connectivity index (χ4n) is 2.14. The van der Waals surface area contributed by atoms with Crippen LogP contribution < -0.4 is 24.8 Å². The first-order chi connectivity index (χ1) is 11.6. The molecule has 0 radical (unpaired) electrons. The van der Waals surface area contributed by atoms with Gasteiger partial charge in [-0.15, -0.1) is 0 Å². The molecule has 0 heterocycles. The number of para-hydroxylation sites is 1. The van der Waals surface area contributed by atoms with Gasteiger partial charge in [-0.2, -0.15) is 0 Å². The number of methoxy groups -OCH3 is 3. The second kappa shape index (κ2) is 8.05. The van der Waals surface area contributed by atoms with Crippen molar-refractivity contribution >= 4 is 17.3 Å². The van der Waals surface area contributed by atoms with Gasteiger partial charge in [-0.3, -0.25) is 4.79 Å². The summed E-state index contributed by atoms with van der Waals surface area (Å²) in [6.07, 6.45) is 0. The van der Waals surface area contributed by atoms with Gasteiger partial charge < -0.3 is 24.8 Å². The highest BCUT2D eigenvalue weighted by Crippen LogP contribution is 2.39. The summed E-state index contributed by atoms with van der Waals surface area (Å²) in [7, 11) is 4.47. The van der Waals surface area contributed by atoms with E-state index in [2.05, 4.69) is 10.6 Å². The molecule has 24 heavy (non-hydrogen) atoms. The molecule has 0 unspecified atom stereocenters. The monoisotopic (exact) mass is 334 g/mol. The molecule has 0 spiro atoms. The average molecular weight is 334 g/mol. The zero-order valence-electron chi connectivity index (χ0n) is 13.7. The van der Waals surface area contributed by atoms with Crippen molar-refractivity contribution in [3.63, 3.8) is 0 Å². The Morgan fingerprint density at radius 1 is 1.04 bits per heavy atom. The number of hydrogen-bond acceptors (Lipinski definition) is 5. The molecule has 0 saturated carbocycles. The van der Waals surface area contributed by atoms with E-state index in [1.54, 1.807) is 30.3 Å². The summed E-state index contributed by atoms with van der Waals surface area (Å²) in [6.45, 7) is -0.0857. The lowest BCUT2D eigenvalue weighted by atomic mass is 10.2. The molecule has 0 saturated heterocycles. The van der Waals surface area contributed by atoms with E-state index in [0.717, 1.165) is 0 Å². The van der Waals surface area contributed by atoms with Crippen molar-refractivity contribution < 1.29 is 23.4 Å². The number of halogens is 1. The Morgan fingerprint density at radius 3 is 2.21 bits per heavy atom. The number of amides is 1. The maximum Gasteiger partial charge on any atom is 0.243 e. The normalized spacial score (nSPS) is 10.0. The largest absolute Gasteiger partial charge is 0.493 e. The molecule has 0 aliphatic rings. The van der Waals surface area contributed by atoms with Gasteiger partial charge in [-0.1, -0.05) is 12.1 Å². The molecule has 2 aromatic rings. The number of hydrogen-bond donors (Lipinski definition) is 2. The lowest BCUT2D eigenvalue weighted by molar-refractivity contribution is -0.114. The van der Waals surface area contributed by atoms with Gasteiger partial charge in [0.15, 0.2) is 11.5 Å². The fraction of sp³-hybridized carbons (Fsp3) is 0.235. The number of benzene rings is 2. The van der Waals surface area contributed by atoms with E-state index in [0.29, 0.717) is 22.9 Å². The molecule has 6 nitrogen and oxygen atoms in total. The maximum atomic E-state index is 13.5. The highest BCUT2D eigenvalue weighted by molar-refractivity contribution is 5.94. The molecule has 0 atom stereocenters. The van der Waals surface area contributed by atoms with Gasteiger partial charge in [0.25, 0.3) is 0 Å². The molecule has 2 rings (SSSR count). The van der Waals surface area contributed by atoms with E-state index in [1.165, 1.54) is 27.4 Å². The SMILES string of the molecule is COc1cc(NC(=O)CNc2ccccc2F)cc(OC)c1OC. The van der Waals surface area contributed by atoms with Crippen molar-refractivity contribution in [2.45, 2.75) is 0 Å². The van der Waals surface area contributed by atoms with Crippen LogP contribution in [0.2, 0.25) is 0 Å².